The molecule has 0 aliphatic rings. The topological polar surface area (TPSA) is 72.2 Å². The van der Waals surface area contributed by atoms with Crippen LogP contribution in [0.5, 0.6) is 0 Å². The van der Waals surface area contributed by atoms with Crippen LogP contribution in [0.2, 0.25) is 0 Å². The van der Waals surface area contributed by atoms with Crippen molar-refractivity contribution < 1.29 is 9.59 Å². The van der Waals surface area contributed by atoms with Crippen LogP contribution in [0, 0.1) is 0 Å². The number of hydrogen-bond acceptors (Lipinski definition) is 3. The standard InChI is InChI=1S/C10H8N2O2S/c11-10(14)12-9(13)8-5-6-3-1-2-4-7(6)15-8/h1-5H,(H3,11,12,13,14). The molecule has 0 fully saturated rings. The smallest absolute Gasteiger partial charge is 0.319 e. The molecule has 2 rings (SSSR count). The first-order valence-electron chi connectivity index (χ1n) is 4.26. The van der Waals surface area contributed by atoms with Crippen LogP contribution in [0.1, 0.15) is 9.67 Å². The predicted octanol–water partition coefficient (Wildman–Crippen LogP) is 1.71. The van der Waals surface area contributed by atoms with Crippen molar-refractivity contribution in [3.05, 3.63) is 35.2 Å². The van der Waals surface area contributed by atoms with Gasteiger partial charge in [0.2, 0.25) is 0 Å². The zero-order valence-electron chi connectivity index (χ0n) is 7.69. The van der Waals surface area contributed by atoms with E-state index >= 15 is 0 Å². The molecule has 76 valence electrons. The van der Waals surface area contributed by atoms with Gasteiger partial charge in [0.05, 0.1) is 4.88 Å². The Morgan fingerprint density at radius 3 is 2.67 bits per heavy atom. The number of carbonyl (C=O) groups is 2. The molecule has 3 N–H and O–H groups in total. The third-order valence-electron chi connectivity index (χ3n) is 1.89. The molecule has 0 bridgehead atoms. The van der Waals surface area contributed by atoms with Gasteiger partial charge in [0.1, 0.15) is 0 Å². The molecule has 0 saturated heterocycles. The summed E-state index contributed by atoms with van der Waals surface area (Å²) in [6.07, 6.45) is 0. The molecule has 0 aliphatic heterocycles. The lowest BCUT2D eigenvalue weighted by atomic mass is 10.2. The number of fused-ring (bicyclic) bond motifs is 1. The minimum absolute atomic E-state index is 0.455. The molecule has 0 spiro atoms. The zero-order chi connectivity index (χ0) is 10.8. The summed E-state index contributed by atoms with van der Waals surface area (Å²) in [4.78, 5) is 22.4. The molecule has 1 aromatic carbocycles. The molecule has 1 heterocycles. The molecule has 2 aromatic rings. The summed E-state index contributed by atoms with van der Waals surface area (Å²) in [5, 5.41) is 3.01. The van der Waals surface area contributed by atoms with E-state index in [1.54, 1.807) is 6.07 Å². The first-order chi connectivity index (χ1) is 7.16. The molecule has 5 heteroatoms. The van der Waals surface area contributed by atoms with E-state index in [-0.39, 0.29) is 0 Å². The number of rotatable bonds is 1. The molecule has 0 saturated carbocycles. The van der Waals surface area contributed by atoms with Crippen molar-refractivity contribution in [3.63, 3.8) is 0 Å². The average molecular weight is 220 g/mol. The van der Waals surface area contributed by atoms with E-state index < -0.39 is 11.9 Å². The third-order valence-corrected chi connectivity index (χ3v) is 3.00. The molecule has 0 atom stereocenters. The number of thiophene rings is 1. The summed E-state index contributed by atoms with van der Waals surface area (Å²) >= 11 is 1.33. The van der Waals surface area contributed by atoms with Gasteiger partial charge in [-0.05, 0) is 17.5 Å². The molecule has 3 amide bonds. The van der Waals surface area contributed by atoms with Crippen LogP contribution in [0.3, 0.4) is 0 Å². The second-order valence-electron chi connectivity index (χ2n) is 2.97. The SMILES string of the molecule is NC(=O)NC(=O)c1cc2ccccc2s1. The van der Waals surface area contributed by atoms with Gasteiger partial charge in [-0.15, -0.1) is 11.3 Å². The van der Waals surface area contributed by atoms with Crippen molar-refractivity contribution in [1.82, 2.24) is 5.32 Å². The van der Waals surface area contributed by atoms with E-state index in [1.165, 1.54) is 11.3 Å². The Balaban J connectivity index is 2.36. The quantitative estimate of drug-likeness (QED) is 0.767. The Kier molecular flexibility index (Phi) is 2.39. The van der Waals surface area contributed by atoms with Gasteiger partial charge in [-0.3, -0.25) is 10.1 Å². The van der Waals surface area contributed by atoms with E-state index in [9.17, 15) is 9.59 Å². The van der Waals surface area contributed by atoms with Crippen molar-refractivity contribution in [2.24, 2.45) is 5.73 Å². The predicted molar refractivity (Wildman–Crippen MR) is 58.9 cm³/mol. The van der Waals surface area contributed by atoms with E-state index in [0.29, 0.717) is 4.88 Å². The van der Waals surface area contributed by atoms with E-state index in [2.05, 4.69) is 0 Å². The number of primary amides is 1. The lowest BCUT2D eigenvalue weighted by Gasteiger charge is -1.94. The summed E-state index contributed by atoms with van der Waals surface area (Å²) in [5.41, 5.74) is 4.86. The minimum Gasteiger partial charge on any atom is -0.351 e. The molecule has 0 aliphatic carbocycles. The Labute approximate surface area is 89.7 Å². The maximum absolute atomic E-state index is 11.4. The number of benzene rings is 1. The molecular formula is C10H8N2O2S. The van der Waals surface area contributed by atoms with E-state index in [4.69, 9.17) is 5.73 Å². The number of nitrogens with one attached hydrogen (secondary N) is 1. The van der Waals surface area contributed by atoms with Crippen LogP contribution >= 0.6 is 11.3 Å². The fraction of sp³-hybridized carbons (Fsp3) is 0. The average Bonchev–Trinajstić information content (AvgIpc) is 2.59. The van der Waals surface area contributed by atoms with Crippen LogP contribution in [0.25, 0.3) is 10.1 Å². The fourth-order valence-electron chi connectivity index (χ4n) is 1.27. The van der Waals surface area contributed by atoms with Gasteiger partial charge in [-0.2, -0.15) is 0 Å². The van der Waals surface area contributed by atoms with E-state index in [1.807, 2.05) is 29.6 Å². The maximum atomic E-state index is 11.4. The second-order valence-corrected chi connectivity index (χ2v) is 4.05. The van der Waals surface area contributed by atoms with Crippen LogP contribution in [-0.4, -0.2) is 11.9 Å². The molecule has 15 heavy (non-hydrogen) atoms. The van der Waals surface area contributed by atoms with Crippen LogP contribution in [-0.2, 0) is 0 Å². The zero-order valence-corrected chi connectivity index (χ0v) is 8.51. The van der Waals surface area contributed by atoms with Crippen molar-refractivity contribution in [3.8, 4) is 0 Å². The first kappa shape index (κ1) is 9.67. The van der Waals surface area contributed by atoms with Crippen LogP contribution in [0.15, 0.2) is 30.3 Å². The van der Waals surface area contributed by atoms with Gasteiger partial charge in [0, 0.05) is 4.70 Å². The van der Waals surface area contributed by atoms with Gasteiger partial charge in [-0.25, -0.2) is 4.79 Å². The normalized spacial score (nSPS) is 10.1. The highest BCUT2D eigenvalue weighted by Crippen LogP contribution is 2.24. The maximum Gasteiger partial charge on any atom is 0.319 e. The van der Waals surface area contributed by atoms with Crippen molar-refractivity contribution in [2.75, 3.05) is 0 Å². The Morgan fingerprint density at radius 2 is 2.00 bits per heavy atom. The van der Waals surface area contributed by atoms with Gasteiger partial charge in [0.15, 0.2) is 0 Å². The highest BCUT2D eigenvalue weighted by Gasteiger charge is 2.10. The lowest BCUT2D eigenvalue weighted by Crippen LogP contribution is -2.34. The summed E-state index contributed by atoms with van der Waals surface area (Å²) in [6, 6.07) is 8.52. The molecular weight excluding hydrogens is 212 g/mol. The summed E-state index contributed by atoms with van der Waals surface area (Å²) in [5.74, 6) is -0.455. The number of imide groups is 1. The number of hydrogen-bond donors (Lipinski definition) is 2. The Bertz CT molecular complexity index is 500. The van der Waals surface area contributed by atoms with Gasteiger partial charge >= 0.3 is 6.03 Å². The summed E-state index contributed by atoms with van der Waals surface area (Å²) in [6.45, 7) is 0. The van der Waals surface area contributed by atoms with Gasteiger partial charge in [0.25, 0.3) is 5.91 Å². The minimum atomic E-state index is -0.836. The van der Waals surface area contributed by atoms with Crippen LogP contribution in [0.4, 0.5) is 4.79 Å². The number of carbonyl (C=O) groups excluding carboxylic acids is 2. The molecule has 0 unspecified atom stereocenters. The largest absolute Gasteiger partial charge is 0.351 e. The van der Waals surface area contributed by atoms with Gasteiger partial charge < -0.3 is 5.73 Å². The highest BCUT2D eigenvalue weighted by atomic mass is 32.1. The summed E-state index contributed by atoms with van der Waals surface area (Å²) < 4.78 is 1.01. The molecule has 4 nitrogen and oxygen atoms in total. The van der Waals surface area contributed by atoms with Crippen LogP contribution < -0.4 is 11.1 Å². The Hall–Kier alpha value is -1.88. The number of nitrogens with two attached hydrogens (primary N) is 1. The van der Waals surface area contributed by atoms with E-state index in [0.717, 1.165) is 10.1 Å². The fourth-order valence-corrected chi connectivity index (χ4v) is 2.23. The molecule has 0 radical (unpaired) electrons. The Morgan fingerprint density at radius 1 is 1.27 bits per heavy atom. The monoisotopic (exact) mass is 220 g/mol. The van der Waals surface area contributed by atoms with Crippen molar-refractivity contribution in [2.45, 2.75) is 0 Å². The van der Waals surface area contributed by atoms with Gasteiger partial charge in [-0.1, -0.05) is 18.2 Å². The number of amides is 3. The van der Waals surface area contributed by atoms with Crippen molar-refractivity contribution >= 4 is 33.4 Å². The number of urea groups is 1. The first-order valence-corrected chi connectivity index (χ1v) is 5.08. The van der Waals surface area contributed by atoms with Crippen molar-refractivity contribution in [1.29, 1.82) is 0 Å². The second kappa shape index (κ2) is 3.70. The lowest BCUT2D eigenvalue weighted by molar-refractivity contribution is 0.0970. The molecule has 1 aromatic heterocycles. The third kappa shape index (κ3) is 1.97. The summed E-state index contributed by atoms with van der Waals surface area (Å²) in [7, 11) is 0. The highest BCUT2D eigenvalue weighted by molar-refractivity contribution is 7.20.